The molecule has 84 valence electrons. The van der Waals surface area contributed by atoms with Gasteiger partial charge in [0.2, 0.25) is 0 Å². The van der Waals surface area contributed by atoms with Gasteiger partial charge in [-0.2, -0.15) is 0 Å². The zero-order valence-electron chi connectivity index (χ0n) is 8.78. The second-order valence-corrected chi connectivity index (χ2v) is 4.08. The Kier molecular flexibility index (Phi) is 2.08. The van der Waals surface area contributed by atoms with Crippen LogP contribution in [0.25, 0.3) is 11.1 Å². The van der Waals surface area contributed by atoms with E-state index in [0.29, 0.717) is 11.1 Å². The summed E-state index contributed by atoms with van der Waals surface area (Å²) in [5, 5.41) is 0. The van der Waals surface area contributed by atoms with Crippen molar-refractivity contribution in [1.29, 1.82) is 0 Å². The molecule has 0 aliphatic heterocycles. The van der Waals surface area contributed by atoms with E-state index in [1.165, 1.54) is 24.3 Å². The molecule has 0 spiro atoms. The number of carbonyl (C=O) groups is 1. The first-order valence-electron chi connectivity index (χ1n) is 5.25. The summed E-state index contributed by atoms with van der Waals surface area (Å²) < 4.78 is 26.4. The molecular formula is C14H8F2O. The van der Waals surface area contributed by atoms with Crippen molar-refractivity contribution in [2.24, 2.45) is 0 Å². The molecule has 0 amide bonds. The molecule has 0 aromatic heterocycles. The molecule has 3 rings (SSSR count). The van der Waals surface area contributed by atoms with Crippen LogP contribution in [0.3, 0.4) is 0 Å². The third-order valence-corrected chi connectivity index (χ3v) is 3.13. The maximum absolute atomic E-state index is 13.2. The van der Waals surface area contributed by atoms with E-state index >= 15 is 0 Å². The number of fused-ring (bicyclic) bond motifs is 3. The Morgan fingerprint density at radius 2 is 1.35 bits per heavy atom. The Labute approximate surface area is 96.7 Å². The Morgan fingerprint density at radius 3 is 1.76 bits per heavy atom. The fourth-order valence-electron chi connectivity index (χ4n) is 2.38. The van der Waals surface area contributed by atoms with Gasteiger partial charge in [-0.25, -0.2) is 8.78 Å². The molecule has 0 atom stereocenters. The number of carbonyl (C=O) groups excluding carboxylic acids is 1. The molecule has 1 aliphatic carbocycles. The summed E-state index contributed by atoms with van der Waals surface area (Å²) in [4.78, 5) is 11.1. The molecule has 0 saturated heterocycles. The second kappa shape index (κ2) is 3.48. The number of hydrogen-bond acceptors (Lipinski definition) is 1. The maximum Gasteiger partial charge on any atom is 0.131 e. The summed E-state index contributed by atoms with van der Waals surface area (Å²) in [6, 6.07) is 8.49. The number of benzene rings is 2. The van der Waals surface area contributed by atoms with Gasteiger partial charge in [-0.3, -0.25) is 0 Å². The van der Waals surface area contributed by atoms with Gasteiger partial charge in [0.1, 0.15) is 17.9 Å². The Bertz CT molecular complexity index is 568. The van der Waals surface area contributed by atoms with Gasteiger partial charge in [0.05, 0.1) is 5.92 Å². The fourth-order valence-corrected chi connectivity index (χ4v) is 2.38. The van der Waals surface area contributed by atoms with Crippen molar-refractivity contribution < 1.29 is 13.6 Å². The van der Waals surface area contributed by atoms with Gasteiger partial charge < -0.3 is 4.79 Å². The van der Waals surface area contributed by atoms with E-state index in [1.54, 1.807) is 12.1 Å². The molecule has 0 radical (unpaired) electrons. The highest BCUT2D eigenvalue weighted by molar-refractivity contribution is 5.87. The van der Waals surface area contributed by atoms with E-state index < -0.39 is 5.92 Å². The van der Waals surface area contributed by atoms with E-state index in [9.17, 15) is 13.6 Å². The first-order valence-corrected chi connectivity index (χ1v) is 5.25. The monoisotopic (exact) mass is 230 g/mol. The summed E-state index contributed by atoms with van der Waals surface area (Å²) in [5.74, 6) is -1.18. The minimum absolute atomic E-state index is 0.384. The first kappa shape index (κ1) is 10.1. The zero-order valence-corrected chi connectivity index (χ0v) is 8.78. The van der Waals surface area contributed by atoms with Crippen molar-refractivity contribution in [3.05, 3.63) is 59.2 Å². The van der Waals surface area contributed by atoms with Crippen molar-refractivity contribution in [3.8, 4) is 11.1 Å². The van der Waals surface area contributed by atoms with E-state index in [2.05, 4.69) is 0 Å². The highest BCUT2D eigenvalue weighted by Gasteiger charge is 2.28. The van der Waals surface area contributed by atoms with Crippen molar-refractivity contribution in [3.63, 3.8) is 0 Å². The van der Waals surface area contributed by atoms with Crippen LogP contribution in [0.5, 0.6) is 0 Å². The van der Waals surface area contributed by atoms with Crippen LogP contribution in [0, 0.1) is 11.6 Å². The van der Waals surface area contributed by atoms with Gasteiger partial charge >= 0.3 is 0 Å². The van der Waals surface area contributed by atoms with Crippen LogP contribution in [0.4, 0.5) is 8.78 Å². The van der Waals surface area contributed by atoms with Crippen LogP contribution < -0.4 is 0 Å². The second-order valence-electron chi connectivity index (χ2n) is 4.08. The van der Waals surface area contributed by atoms with Gasteiger partial charge in [-0.1, -0.05) is 12.1 Å². The predicted molar refractivity (Wildman–Crippen MR) is 59.7 cm³/mol. The lowest BCUT2D eigenvalue weighted by molar-refractivity contribution is -0.108. The van der Waals surface area contributed by atoms with Gasteiger partial charge in [-0.05, 0) is 46.5 Å². The lowest BCUT2D eigenvalue weighted by atomic mass is 9.99. The van der Waals surface area contributed by atoms with Gasteiger partial charge in [0.15, 0.2) is 0 Å². The van der Waals surface area contributed by atoms with Crippen molar-refractivity contribution >= 4 is 6.29 Å². The third kappa shape index (κ3) is 1.39. The smallest absolute Gasteiger partial charge is 0.131 e. The van der Waals surface area contributed by atoms with Crippen LogP contribution in [0.2, 0.25) is 0 Å². The quantitative estimate of drug-likeness (QED) is 0.687. The molecule has 0 heterocycles. The topological polar surface area (TPSA) is 17.1 Å². The number of rotatable bonds is 1. The van der Waals surface area contributed by atoms with Crippen molar-refractivity contribution in [1.82, 2.24) is 0 Å². The SMILES string of the molecule is O=CC1c2ccc(F)cc2-c2cc(F)ccc21. The summed E-state index contributed by atoms with van der Waals surface area (Å²) in [5.41, 5.74) is 2.69. The standard InChI is InChI=1S/C14H8F2O/c15-8-1-3-10-12(5-8)13-6-9(16)2-4-11(13)14(10)7-17/h1-7,14H. The Morgan fingerprint density at radius 1 is 0.882 bits per heavy atom. The molecule has 0 unspecified atom stereocenters. The van der Waals surface area contributed by atoms with Crippen LogP contribution in [-0.2, 0) is 4.79 Å². The highest BCUT2D eigenvalue weighted by atomic mass is 19.1. The molecule has 1 aliphatic rings. The van der Waals surface area contributed by atoms with E-state index in [1.807, 2.05) is 0 Å². The summed E-state index contributed by atoms with van der Waals surface area (Å²) >= 11 is 0. The predicted octanol–water partition coefficient (Wildman–Crippen LogP) is 3.28. The molecule has 0 bridgehead atoms. The van der Waals surface area contributed by atoms with Crippen LogP contribution >= 0.6 is 0 Å². The summed E-state index contributed by atoms with van der Waals surface area (Å²) in [6.45, 7) is 0. The highest BCUT2D eigenvalue weighted by Crippen LogP contribution is 2.44. The largest absolute Gasteiger partial charge is 0.302 e. The Hall–Kier alpha value is -2.03. The Balaban J connectivity index is 2.34. The average Bonchev–Trinajstić information content (AvgIpc) is 2.62. The molecule has 17 heavy (non-hydrogen) atoms. The van der Waals surface area contributed by atoms with Gasteiger partial charge in [-0.15, -0.1) is 0 Å². The lowest BCUT2D eigenvalue weighted by Crippen LogP contribution is -1.97. The van der Waals surface area contributed by atoms with E-state index in [0.717, 1.165) is 17.4 Å². The van der Waals surface area contributed by atoms with Crippen LogP contribution in [-0.4, -0.2) is 6.29 Å². The molecule has 3 heteroatoms. The van der Waals surface area contributed by atoms with Crippen molar-refractivity contribution in [2.75, 3.05) is 0 Å². The fraction of sp³-hybridized carbons (Fsp3) is 0.0714. The maximum atomic E-state index is 13.2. The normalized spacial score (nSPS) is 13.3. The molecule has 0 saturated carbocycles. The van der Waals surface area contributed by atoms with Gasteiger partial charge in [0, 0.05) is 0 Å². The lowest BCUT2D eigenvalue weighted by Gasteiger charge is -2.03. The molecule has 2 aromatic rings. The molecule has 2 aromatic carbocycles. The number of aldehydes is 1. The minimum Gasteiger partial charge on any atom is -0.302 e. The molecule has 0 N–H and O–H groups in total. The summed E-state index contributed by atoms with van der Waals surface area (Å²) in [7, 11) is 0. The van der Waals surface area contributed by atoms with E-state index in [-0.39, 0.29) is 11.6 Å². The zero-order chi connectivity index (χ0) is 12.0. The number of halogens is 2. The van der Waals surface area contributed by atoms with E-state index in [4.69, 9.17) is 0 Å². The molecular weight excluding hydrogens is 222 g/mol. The average molecular weight is 230 g/mol. The van der Waals surface area contributed by atoms with Crippen LogP contribution in [0.15, 0.2) is 36.4 Å². The van der Waals surface area contributed by atoms with Crippen molar-refractivity contribution in [2.45, 2.75) is 5.92 Å². The first-order chi connectivity index (χ1) is 8.20. The van der Waals surface area contributed by atoms with Gasteiger partial charge in [0.25, 0.3) is 0 Å². The van der Waals surface area contributed by atoms with Crippen LogP contribution in [0.1, 0.15) is 17.0 Å². The number of hydrogen-bond donors (Lipinski definition) is 0. The molecule has 0 fully saturated rings. The molecule has 1 nitrogen and oxygen atoms in total. The summed E-state index contributed by atoms with van der Waals surface area (Å²) in [6.07, 6.45) is 0.806. The third-order valence-electron chi connectivity index (χ3n) is 3.13. The minimum atomic E-state index is -0.416.